The summed E-state index contributed by atoms with van der Waals surface area (Å²) in [7, 11) is 0. The van der Waals surface area contributed by atoms with E-state index in [1.54, 1.807) is 0 Å². The van der Waals surface area contributed by atoms with Gasteiger partial charge in [-0.1, -0.05) is 34.1 Å². The molecule has 1 aliphatic rings. The molecule has 1 aliphatic heterocycles. The van der Waals surface area contributed by atoms with Crippen molar-refractivity contribution in [2.75, 3.05) is 13.1 Å². The first-order valence-corrected chi connectivity index (χ1v) is 7.33. The predicted molar refractivity (Wildman–Crippen MR) is 76.5 cm³/mol. The van der Waals surface area contributed by atoms with Gasteiger partial charge in [-0.25, -0.2) is 0 Å². The van der Waals surface area contributed by atoms with Gasteiger partial charge in [0.25, 0.3) is 0 Å². The molecule has 0 radical (unpaired) electrons. The second-order valence-corrected chi connectivity index (χ2v) is 6.87. The number of nitrogens with one attached hydrogen (secondary N) is 2. The van der Waals surface area contributed by atoms with E-state index in [1.165, 1.54) is 0 Å². The minimum Gasteiger partial charge on any atom is -0.353 e. The molecule has 0 bridgehead atoms. The summed E-state index contributed by atoms with van der Waals surface area (Å²) in [5.74, 6) is 0.249. The lowest BCUT2D eigenvalue weighted by molar-refractivity contribution is -0.134. The van der Waals surface area contributed by atoms with Crippen molar-refractivity contribution in [3.05, 3.63) is 0 Å². The molecule has 0 aromatic rings. The molecule has 2 N–H and O–H groups in total. The molecular formula is C15H30N2O. The molecule has 106 valence electrons. The second kappa shape index (κ2) is 6.05. The third-order valence-corrected chi connectivity index (χ3v) is 4.33. The molecule has 0 saturated carbocycles. The van der Waals surface area contributed by atoms with E-state index in [-0.39, 0.29) is 22.8 Å². The molecule has 1 heterocycles. The Morgan fingerprint density at radius 3 is 2.56 bits per heavy atom. The number of carbonyl (C=O) groups excluding carboxylic acids is 1. The Morgan fingerprint density at radius 1 is 1.44 bits per heavy atom. The van der Waals surface area contributed by atoms with E-state index in [1.807, 2.05) is 0 Å². The van der Waals surface area contributed by atoms with Crippen molar-refractivity contribution in [2.24, 2.45) is 10.8 Å². The topological polar surface area (TPSA) is 41.1 Å². The molecule has 2 unspecified atom stereocenters. The third-order valence-electron chi connectivity index (χ3n) is 4.33. The van der Waals surface area contributed by atoms with Crippen LogP contribution in [0.15, 0.2) is 0 Å². The first-order valence-electron chi connectivity index (χ1n) is 7.33. The molecule has 1 saturated heterocycles. The zero-order chi connectivity index (χ0) is 13.8. The molecule has 3 nitrogen and oxygen atoms in total. The van der Waals surface area contributed by atoms with Gasteiger partial charge in [0.15, 0.2) is 0 Å². The number of rotatable bonds is 4. The van der Waals surface area contributed by atoms with Gasteiger partial charge in [0.2, 0.25) is 5.91 Å². The molecule has 0 aliphatic carbocycles. The van der Waals surface area contributed by atoms with Crippen LogP contribution in [-0.2, 0) is 4.79 Å². The monoisotopic (exact) mass is 254 g/mol. The third kappa shape index (κ3) is 3.71. The van der Waals surface area contributed by atoms with Crippen LogP contribution in [0.4, 0.5) is 0 Å². The van der Waals surface area contributed by atoms with Crippen molar-refractivity contribution < 1.29 is 4.79 Å². The average molecular weight is 254 g/mol. The Balaban J connectivity index is 2.71. The average Bonchev–Trinajstić information content (AvgIpc) is 2.29. The largest absolute Gasteiger partial charge is 0.353 e. The zero-order valence-electron chi connectivity index (χ0n) is 12.7. The van der Waals surface area contributed by atoms with E-state index in [2.05, 4.69) is 45.3 Å². The van der Waals surface area contributed by atoms with Crippen molar-refractivity contribution >= 4 is 5.91 Å². The van der Waals surface area contributed by atoms with Crippen LogP contribution in [0.2, 0.25) is 0 Å². The normalized spacial score (nSPS) is 26.7. The molecule has 0 spiro atoms. The Labute approximate surface area is 112 Å². The van der Waals surface area contributed by atoms with E-state index >= 15 is 0 Å². The van der Waals surface area contributed by atoms with Gasteiger partial charge in [0.1, 0.15) is 0 Å². The highest BCUT2D eigenvalue weighted by Crippen LogP contribution is 2.32. The summed E-state index contributed by atoms with van der Waals surface area (Å²) in [5, 5.41) is 6.63. The van der Waals surface area contributed by atoms with Gasteiger partial charge >= 0.3 is 0 Å². The zero-order valence-corrected chi connectivity index (χ0v) is 12.7. The van der Waals surface area contributed by atoms with Crippen LogP contribution in [-0.4, -0.2) is 25.0 Å². The summed E-state index contributed by atoms with van der Waals surface area (Å²) in [6, 6.07) is 0.209. The van der Waals surface area contributed by atoms with Gasteiger partial charge in [-0.05, 0) is 38.1 Å². The van der Waals surface area contributed by atoms with Crippen LogP contribution in [0.1, 0.15) is 60.3 Å². The minimum absolute atomic E-state index is 0.116. The number of amides is 1. The smallest absolute Gasteiger partial charge is 0.227 e. The van der Waals surface area contributed by atoms with Crippen LogP contribution in [0.25, 0.3) is 0 Å². The van der Waals surface area contributed by atoms with Crippen molar-refractivity contribution in [1.29, 1.82) is 0 Å². The fourth-order valence-electron chi connectivity index (χ4n) is 2.53. The predicted octanol–water partition coefficient (Wildman–Crippen LogP) is 2.71. The molecular weight excluding hydrogens is 224 g/mol. The fourth-order valence-corrected chi connectivity index (χ4v) is 2.53. The maximum Gasteiger partial charge on any atom is 0.227 e. The summed E-state index contributed by atoms with van der Waals surface area (Å²) >= 11 is 0. The van der Waals surface area contributed by atoms with E-state index in [0.717, 1.165) is 38.8 Å². The number of hydrogen-bond acceptors (Lipinski definition) is 2. The first-order chi connectivity index (χ1) is 8.32. The summed E-state index contributed by atoms with van der Waals surface area (Å²) in [5.41, 5.74) is -0.0579. The maximum atomic E-state index is 12.6. The van der Waals surface area contributed by atoms with Crippen LogP contribution >= 0.6 is 0 Å². The summed E-state index contributed by atoms with van der Waals surface area (Å²) < 4.78 is 0. The summed E-state index contributed by atoms with van der Waals surface area (Å²) in [4.78, 5) is 12.6. The van der Waals surface area contributed by atoms with Gasteiger partial charge in [-0.3, -0.25) is 4.79 Å². The van der Waals surface area contributed by atoms with E-state index in [0.29, 0.717) is 0 Å². The minimum atomic E-state index is -0.174. The van der Waals surface area contributed by atoms with Crippen molar-refractivity contribution in [3.63, 3.8) is 0 Å². The van der Waals surface area contributed by atoms with Crippen molar-refractivity contribution in [1.82, 2.24) is 10.6 Å². The highest BCUT2D eigenvalue weighted by molar-refractivity contribution is 5.83. The molecule has 0 aromatic heterocycles. The van der Waals surface area contributed by atoms with Crippen molar-refractivity contribution in [3.8, 4) is 0 Å². The molecule has 18 heavy (non-hydrogen) atoms. The Kier molecular flexibility index (Phi) is 5.20. The molecule has 0 aromatic carbocycles. The summed E-state index contributed by atoms with van der Waals surface area (Å²) in [6.07, 6.45) is 4.19. The van der Waals surface area contributed by atoms with E-state index < -0.39 is 0 Å². The van der Waals surface area contributed by atoms with Gasteiger partial charge in [-0.2, -0.15) is 0 Å². The molecule has 3 heteroatoms. The highest BCUT2D eigenvalue weighted by atomic mass is 16.2. The maximum absolute atomic E-state index is 12.6. The van der Waals surface area contributed by atoms with Crippen LogP contribution in [0, 0.1) is 10.8 Å². The molecule has 2 atom stereocenters. The molecule has 1 amide bonds. The number of hydrogen-bond donors (Lipinski definition) is 2. The summed E-state index contributed by atoms with van der Waals surface area (Å²) in [6.45, 7) is 12.7. The van der Waals surface area contributed by atoms with Crippen molar-refractivity contribution in [2.45, 2.75) is 66.3 Å². The molecule has 1 fully saturated rings. The van der Waals surface area contributed by atoms with Crippen LogP contribution in [0.5, 0.6) is 0 Å². The fraction of sp³-hybridized carbons (Fsp3) is 0.933. The SMILES string of the molecule is CCCC1(C(=O)NC(C)C(C)(C)C)CCCNC1. The van der Waals surface area contributed by atoms with Crippen LogP contribution in [0.3, 0.4) is 0 Å². The Morgan fingerprint density at radius 2 is 2.11 bits per heavy atom. The van der Waals surface area contributed by atoms with E-state index in [9.17, 15) is 4.79 Å². The lowest BCUT2D eigenvalue weighted by Crippen LogP contribution is -2.54. The standard InChI is InChI=1S/C15H30N2O/c1-6-8-15(9-7-10-16-11-15)13(18)17-12(2)14(3,4)5/h12,16H,6-11H2,1-5H3,(H,17,18). The van der Waals surface area contributed by atoms with Crippen LogP contribution < -0.4 is 10.6 Å². The first kappa shape index (κ1) is 15.5. The Hall–Kier alpha value is -0.570. The lowest BCUT2D eigenvalue weighted by Gasteiger charge is -2.39. The van der Waals surface area contributed by atoms with Gasteiger partial charge in [0, 0.05) is 12.6 Å². The molecule has 1 rings (SSSR count). The highest BCUT2D eigenvalue weighted by Gasteiger charge is 2.39. The van der Waals surface area contributed by atoms with Gasteiger partial charge in [0.05, 0.1) is 5.41 Å². The number of piperidine rings is 1. The number of carbonyl (C=O) groups is 1. The van der Waals surface area contributed by atoms with Gasteiger partial charge in [-0.15, -0.1) is 0 Å². The quantitative estimate of drug-likeness (QED) is 0.810. The van der Waals surface area contributed by atoms with Gasteiger partial charge < -0.3 is 10.6 Å². The Bertz CT molecular complexity index is 269. The van der Waals surface area contributed by atoms with E-state index in [4.69, 9.17) is 0 Å². The second-order valence-electron chi connectivity index (χ2n) is 6.87. The lowest BCUT2D eigenvalue weighted by atomic mass is 9.75.